The van der Waals surface area contributed by atoms with Gasteiger partial charge in [0.1, 0.15) is 11.4 Å². The van der Waals surface area contributed by atoms with Crippen LogP contribution in [0.25, 0.3) is 16.5 Å². The van der Waals surface area contributed by atoms with Crippen LogP contribution in [0.4, 0.5) is 26.3 Å². The summed E-state index contributed by atoms with van der Waals surface area (Å²) >= 11 is 0. The molecule has 0 spiro atoms. The van der Waals surface area contributed by atoms with Crippen molar-refractivity contribution in [2.24, 2.45) is 0 Å². The zero-order valence-electron chi connectivity index (χ0n) is 17.6. The minimum Gasteiger partial charge on any atom is -0.508 e. The summed E-state index contributed by atoms with van der Waals surface area (Å²) in [7, 11) is 0. The van der Waals surface area contributed by atoms with Crippen molar-refractivity contribution in [3.05, 3.63) is 54.1 Å². The van der Waals surface area contributed by atoms with E-state index in [9.17, 15) is 36.6 Å². The lowest BCUT2D eigenvalue weighted by atomic mass is 9.79. The van der Waals surface area contributed by atoms with E-state index in [-0.39, 0.29) is 29.7 Å². The van der Waals surface area contributed by atoms with Crippen molar-refractivity contribution in [3.8, 4) is 0 Å². The van der Waals surface area contributed by atoms with Crippen LogP contribution >= 0.6 is 0 Å². The fourth-order valence-electron chi connectivity index (χ4n) is 4.76. The van der Waals surface area contributed by atoms with Crippen molar-refractivity contribution in [2.75, 3.05) is 0 Å². The molecule has 0 aromatic heterocycles. The van der Waals surface area contributed by atoms with Gasteiger partial charge in [0.15, 0.2) is 0 Å². The molecule has 1 fully saturated rings. The van der Waals surface area contributed by atoms with Crippen LogP contribution in [0.1, 0.15) is 50.7 Å². The molecule has 0 saturated heterocycles. The van der Waals surface area contributed by atoms with Crippen LogP contribution in [-0.4, -0.2) is 33.8 Å². The smallest absolute Gasteiger partial charge is 0.429 e. The number of alkyl halides is 6. The minimum atomic E-state index is -6.04. The van der Waals surface area contributed by atoms with Gasteiger partial charge in [0.2, 0.25) is 0 Å². The molecule has 2 N–H and O–H groups in total. The molecule has 0 bridgehead atoms. The number of hydrogen-bond acceptors (Lipinski definition) is 3. The summed E-state index contributed by atoms with van der Waals surface area (Å²) in [6, 6.07) is 9.98. The minimum absolute atomic E-state index is 0.108. The van der Waals surface area contributed by atoms with E-state index in [0.29, 0.717) is 37.5 Å². The van der Waals surface area contributed by atoms with Gasteiger partial charge >= 0.3 is 12.4 Å². The molecule has 3 rings (SSSR count). The van der Waals surface area contributed by atoms with Gasteiger partial charge in [0.05, 0.1) is 5.60 Å². The molecule has 1 aliphatic rings. The summed E-state index contributed by atoms with van der Waals surface area (Å²) in [6.45, 7) is 4.69. The number of fused-ring (bicyclic) bond motifs is 1. The van der Waals surface area contributed by atoms with E-state index in [0.717, 1.165) is 0 Å². The lowest BCUT2D eigenvalue weighted by molar-refractivity contribution is -0.421. The van der Waals surface area contributed by atoms with Gasteiger partial charge < -0.3 is 14.9 Å². The summed E-state index contributed by atoms with van der Waals surface area (Å²) in [4.78, 5) is 0. The van der Waals surface area contributed by atoms with Crippen LogP contribution in [0.2, 0.25) is 0 Å². The second-order valence-electron chi connectivity index (χ2n) is 8.68. The van der Waals surface area contributed by atoms with Crippen molar-refractivity contribution < 1.29 is 41.3 Å². The monoisotopic (exact) mass is 462 g/mol. The Morgan fingerprint density at radius 3 is 1.97 bits per heavy atom. The summed E-state index contributed by atoms with van der Waals surface area (Å²) in [5, 5.41) is 21.5. The highest BCUT2D eigenvalue weighted by atomic mass is 19.4. The van der Waals surface area contributed by atoms with Gasteiger partial charge in [-0.15, -0.1) is 0 Å². The van der Waals surface area contributed by atoms with Crippen LogP contribution in [-0.2, 0) is 10.3 Å². The Morgan fingerprint density at radius 1 is 0.938 bits per heavy atom. The van der Waals surface area contributed by atoms with E-state index in [1.165, 1.54) is 6.07 Å². The third-order valence-electron chi connectivity index (χ3n) is 6.25. The molecule has 176 valence electrons. The van der Waals surface area contributed by atoms with E-state index in [1.54, 1.807) is 30.3 Å². The predicted molar refractivity (Wildman–Crippen MR) is 108 cm³/mol. The summed E-state index contributed by atoms with van der Waals surface area (Å²) in [5.74, 6) is -0.389. The zero-order valence-corrected chi connectivity index (χ0v) is 17.6. The van der Waals surface area contributed by atoms with Gasteiger partial charge in [-0.05, 0) is 37.5 Å². The van der Waals surface area contributed by atoms with Crippen molar-refractivity contribution in [1.29, 1.82) is 0 Å². The SMILES string of the molecule is C=C(O)c1ccc2ccccc2c1C1(OC(C)(C)C(O)(C(F)(F)F)C(F)(F)F)CCCC1. The predicted octanol–water partition coefficient (Wildman–Crippen LogP) is 6.79. The Hall–Kier alpha value is -2.26. The molecule has 0 aliphatic heterocycles. The first-order chi connectivity index (χ1) is 14.6. The molecule has 2 aromatic rings. The quantitative estimate of drug-likeness (QED) is 0.380. The Labute approximate surface area is 181 Å². The number of aliphatic hydroxyl groups excluding tert-OH is 1. The second-order valence-corrected chi connectivity index (χ2v) is 8.68. The first kappa shape index (κ1) is 24.4. The number of benzene rings is 2. The molecule has 0 unspecified atom stereocenters. The Bertz CT molecular complexity index is 1000. The van der Waals surface area contributed by atoms with E-state index < -0.39 is 29.2 Å². The van der Waals surface area contributed by atoms with Gasteiger partial charge in [0.25, 0.3) is 5.60 Å². The Balaban J connectivity index is 2.28. The van der Waals surface area contributed by atoms with E-state index in [2.05, 4.69) is 6.58 Å². The van der Waals surface area contributed by atoms with Gasteiger partial charge in [-0.1, -0.05) is 55.8 Å². The fourth-order valence-corrected chi connectivity index (χ4v) is 4.76. The molecule has 3 nitrogen and oxygen atoms in total. The van der Waals surface area contributed by atoms with E-state index in [4.69, 9.17) is 4.74 Å². The maximum atomic E-state index is 13.7. The van der Waals surface area contributed by atoms with Crippen molar-refractivity contribution in [3.63, 3.8) is 0 Å². The van der Waals surface area contributed by atoms with Crippen molar-refractivity contribution >= 4 is 16.5 Å². The molecule has 2 aromatic carbocycles. The largest absolute Gasteiger partial charge is 0.508 e. The zero-order chi connectivity index (χ0) is 24.2. The summed E-state index contributed by atoms with van der Waals surface area (Å²) < 4.78 is 87.7. The maximum Gasteiger partial charge on any atom is 0.429 e. The first-order valence-electron chi connectivity index (χ1n) is 10.0. The van der Waals surface area contributed by atoms with E-state index in [1.807, 2.05) is 0 Å². The summed E-state index contributed by atoms with van der Waals surface area (Å²) in [6.07, 6.45) is -10.9. The molecular formula is C23H24F6O3. The second kappa shape index (κ2) is 7.66. The number of hydrogen-bond donors (Lipinski definition) is 2. The van der Waals surface area contributed by atoms with Gasteiger partial charge in [-0.2, -0.15) is 26.3 Å². The molecule has 32 heavy (non-hydrogen) atoms. The lowest BCUT2D eigenvalue weighted by Gasteiger charge is -2.48. The highest BCUT2D eigenvalue weighted by molar-refractivity contribution is 5.90. The average Bonchev–Trinajstić information content (AvgIpc) is 3.12. The third-order valence-corrected chi connectivity index (χ3v) is 6.25. The Morgan fingerprint density at radius 2 is 1.47 bits per heavy atom. The highest BCUT2D eigenvalue weighted by Crippen LogP contribution is 2.56. The van der Waals surface area contributed by atoms with Gasteiger partial charge in [-0.3, -0.25) is 0 Å². The number of aliphatic hydroxyl groups is 2. The molecule has 0 atom stereocenters. The molecule has 9 heteroatoms. The van der Waals surface area contributed by atoms with Crippen LogP contribution in [0.3, 0.4) is 0 Å². The third kappa shape index (κ3) is 3.65. The maximum absolute atomic E-state index is 13.7. The number of ether oxygens (including phenoxy) is 1. The lowest BCUT2D eigenvalue weighted by Crippen LogP contribution is -2.70. The topological polar surface area (TPSA) is 49.7 Å². The van der Waals surface area contributed by atoms with Crippen LogP contribution < -0.4 is 0 Å². The van der Waals surface area contributed by atoms with Crippen LogP contribution in [0.5, 0.6) is 0 Å². The molecular weight excluding hydrogens is 438 g/mol. The number of rotatable bonds is 5. The Kier molecular flexibility index (Phi) is 5.84. The van der Waals surface area contributed by atoms with Gasteiger partial charge in [-0.25, -0.2) is 0 Å². The summed E-state index contributed by atoms with van der Waals surface area (Å²) in [5.41, 5.74) is -9.41. The molecule has 0 heterocycles. The van der Waals surface area contributed by atoms with Gasteiger partial charge in [0, 0.05) is 11.1 Å². The van der Waals surface area contributed by atoms with Crippen LogP contribution in [0.15, 0.2) is 43.0 Å². The van der Waals surface area contributed by atoms with E-state index >= 15 is 0 Å². The van der Waals surface area contributed by atoms with Crippen molar-refractivity contribution in [1.82, 2.24) is 0 Å². The molecule has 1 saturated carbocycles. The normalized spacial score (nSPS) is 17.7. The fraction of sp³-hybridized carbons (Fsp3) is 0.478. The van der Waals surface area contributed by atoms with Crippen molar-refractivity contribution in [2.45, 2.75) is 68.7 Å². The molecule has 0 radical (unpaired) electrons. The first-order valence-corrected chi connectivity index (χ1v) is 10.0. The average molecular weight is 462 g/mol. The standard InChI is InChI=1S/C23H24F6O3/c1-14(30)16-11-10-15-8-4-5-9-17(15)18(16)20(12-6-7-13-20)32-19(2,3)21(31,22(24,25)26)23(27,28)29/h4-5,8-11,30-31H,1,6-7,12-13H2,2-3H3. The number of halogens is 6. The molecule has 1 aliphatic carbocycles. The highest BCUT2D eigenvalue weighted by Gasteiger charge is 2.78. The molecule has 0 amide bonds. The van der Waals surface area contributed by atoms with Crippen LogP contribution in [0, 0.1) is 0 Å².